The topological polar surface area (TPSA) is 100 Å². The number of anilines is 1. The van der Waals surface area contributed by atoms with Crippen LogP contribution in [0.1, 0.15) is 22.2 Å². The van der Waals surface area contributed by atoms with Gasteiger partial charge in [0.05, 0.1) is 23.7 Å². The fourth-order valence-corrected chi connectivity index (χ4v) is 4.77. The number of aliphatic hydroxyl groups excluding tert-OH is 1. The molecule has 5 rings (SSSR count). The van der Waals surface area contributed by atoms with Gasteiger partial charge in [-0.3, -0.25) is 14.5 Å². The van der Waals surface area contributed by atoms with Crippen LogP contribution < -0.4 is 9.64 Å². The van der Waals surface area contributed by atoms with Gasteiger partial charge in [-0.15, -0.1) is 0 Å². The van der Waals surface area contributed by atoms with Gasteiger partial charge in [-0.05, 0) is 60.2 Å². The molecule has 1 aliphatic heterocycles. The summed E-state index contributed by atoms with van der Waals surface area (Å²) >= 11 is 9.69. The highest BCUT2D eigenvalue weighted by Crippen LogP contribution is 2.44. The van der Waals surface area contributed by atoms with Gasteiger partial charge in [-0.2, -0.15) is 0 Å². The number of aromatic hydroxyl groups is 1. The number of halogens is 2. The summed E-state index contributed by atoms with van der Waals surface area (Å²) in [5, 5.41) is 21.6. The molecule has 0 radical (unpaired) electrons. The molecule has 35 heavy (non-hydrogen) atoms. The van der Waals surface area contributed by atoms with E-state index in [1.807, 2.05) is 0 Å². The van der Waals surface area contributed by atoms with Gasteiger partial charge in [0.2, 0.25) is 5.78 Å². The summed E-state index contributed by atoms with van der Waals surface area (Å²) in [6.07, 6.45) is 0. The van der Waals surface area contributed by atoms with Crippen molar-refractivity contribution in [2.75, 3.05) is 12.0 Å². The van der Waals surface area contributed by atoms with Crippen molar-refractivity contribution in [3.8, 4) is 11.5 Å². The lowest BCUT2D eigenvalue weighted by Crippen LogP contribution is -2.31. The Labute approximate surface area is 212 Å². The van der Waals surface area contributed by atoms with Gasteiger partial charge in [0.15, 0.2) is 11.5 Å². The Hall–Kier alpha value is -3.75. The zero-order valence-electron chi connectivity index (χ0n) is 18.2. The highest BCUT2D eigenvalue weighted by atomic mass is 79.9. The van der Waals surface area contributed by atoms with Crippen molar-refractivity contribution in [2.45, 2.75) is 6.04 Å². The first-order valence-electron chi connectivity index (χ1n) is 10.4. The molecule has 0 bridgehead atoms. The fourth-order valence-electron chi connectivity index (χ4n) is 4.14. The molecule has 2 heterocycles. The van der Waals surface area contributed by atoms with Gasteiger partial charge in [0, 0.05) is 15.5 Å². The molecule has 1 aliphatic rings. The number of phenolic OH excluding ortho intramolecular Hbond substituents is 1. The summed E-state index contributed by atoms with van der Waals surface area (Å²) in [5.41, 5.74) is 1.18. The van der Waals surface area contributed by atoms with Crippen LogP contribution in [0.15, 0.2) is 87.0 Å². The van der Waals surface area contributed by atoms with Crippen molar-refractivity contribution in [3.05, 3.63) is 98.9 Å². The fraction of sp³-hybridized carbons (Fsp3) is 0.0769. The molecule has 1 aromatic heterocycles. The standard InChI is InChI=1S/C26H17BrClNO6/c1-34-20-9-5-16(12-18(20)28)29-23(13-2-6-17(30)7-3-13)22(25(32)26(29)33)24(31)21-11-14-10-15(27)4-8-19(14)35-21/h2-12,23,30,32H,1H3. The lowest BCUT2D eigenvalue weighted by Gasteiger charge is -2.27. The highest BCUT2D eigenvalue weighted by Gasteiger charge is 2.45. The second-order valence-corrected chi connectivity index (χ2v) is 9.20. The minimum Gasteiger partial charge on any atom is -0.508 e. The van der Waals surface area contributed by atoms with Crippen molar-refractivity contribution in [2.24, 2.45) is 0 Å². The van der Waals surface area contributed by atoms with Crippen molar-refractivity contribution in [1.82, 2.24) is 0 Å². The van der Waals surface area contributed by atoms with E-state index in [4.69, 9.17) is 20.8 Å². The molecule has 0 saturated carbocycles. The number of fused-ring (bicyclic) bond motifs is 1. The largest absolute Gasteiger partial charge is 0.508 e. The number of carbonyl (C=O) groups excluding carboxylic acids is 2. The number of amides is 1. The molecule has 0 fully saturated rings. The van der Waals surface area contributed by atoms with Gasteiger partial charge in [-0.1, -0.05) is 39.7 Å². The third-order valence-electron chi connectivity index (χ3n) is 5.78. The van der Waals surface area contributed by atoms with Crippen molar-refractivity contribution in [1.29, 1.82) is 0 Å². The molecule has 7 nitrogen and oxygen atoms in total. The molecule has 9 heteroatoms. The van der Waals surface area contributed by atoms with E-state index in [0.717, 1.165) is 4.47 Å². The number of ether oxygens (including phenoxy) is 1. The Balaban J connectivity index is 1.65. The maximum Gasteiger partial charge on any atom is 0.294 e. The normalized spacial score (nSPS) is 15.8. The van der Waals surface area contributed by atoms with Crippen molar-refractivity contribution >= 4 is 55.9 Å². The predicted octanol–water partition coefficient (Wildman–Crippen LogP) is 6.35. The number of ketones is 1. The second kappa shape index (κ2) is 8.79. The Morgan fingerprint density at radius 1 is 1.06 bits per heavy atom. The Bertz CT molecular complexity index is 1520. The number of Topliss-reactive ketones (excluding diaryl/α,β-unsaturated/α-hetero) is 1. The van der Waals surface area contributed by atoms with Crippen LogP contribution in [0.4, 0.5) is 5.69 Å². The van der Waals surface area contributed by atoms with Gasteiger partial charge >= 0.3 is 0 Å². The summed E-state index contributed by atoms with van der Waals surface area (Å²) < 4.78 is 11.8. The molecule has 0 aliphatic carbocycles. The van der Waals surface area contributed by atoms with Crippen LogP contribution in [-0.2, 0) is 4.79 Å². The van der Waals surface area contributed by atoms with E-state index in [-0.39, 0.29) is 22.1 Å². The number of carbonyl (C=O) groups is 2. The maximum absolute atomic E-state index is 13.7. The summed E-state index contributed by atoms with van der Waals surface area (Å²) in [4.78, 5) is 28.2. The van der Waals surface area contributed by atoms with E-state index in [0.29, 0.717) is 28.0 Å². The van der Waals surface area contributed by atoms with Crippen LogP contribution in [0.25, 0.3) is 11.0 Å². The van der Waals surface area contributed by atoms with Crippen LogP contribution in [-0.4, -0.2) is 29.0 Å². The minimum absolute atomic E-state index is 0.0149. The first kappa shape index (κ1) is 23.0. The zero-order chi connectivity index (χ0) is 24.9. The summed E-state index contributed by atoms with van der Waals surface area (Å²) in [6, 6.07) is 16.6. The molecule has 1 unspecified atom stereocenters. The molecule has 176 valence electrons. The Morgan fingerprint density at radius 3 is 2.49 bits per heavy atom. The number of phenols is 1. The molecular formula is C26H17BrClNO6. The number of nitrogens with zero attached hydrogens (tertiary/aromatic N) is 1. The quantitative estimate of drug-likeness (QED) is 0.279. The molecule has 4 aromatic rings. The van der Waals surface area contributed by atoms with E-state index in [2.05, 4.69) is 15.9 Å². The van der Waals surface area contributed by atoms with Crippen molar-refractivity contribution < 1.29 is 29.0 Å². The molecule has 0 spiro atoms. The van der Waals surface area contributed by atoms with Gasteiger partial charge in [0.25, 0.3) is 5.91 Å². The third kappa shape index (κ3) is 3.94. The lowest BCUT2D eigenvalue weighted by molar-refractivity contribution is -0.117. The van der Waals surface area contributed by atoms with Crippen LogP contribution in [0, 0.1) is 0 Å². The van der Waals surface area contributed by atoms with Crippen LogP contribution in [0.5, 0.6) is 11.5 Å². The van der Waals surface area contributed by atoms with Crippen LogP contribution in [0.2, 0.25) is 5.02 Å². The van der Waals surface area contributed by atoms with E-state index < -0.39 is 23.5 Å². The maximum atomic E-state index is 13.7. The Kier molecular flexibility index (Phi) is 5.78. The highest BCUT2D eigenvalue weighted by molar-refractivity contribution is 9.10. The van der Waals surface area contributed by atoms with E-state index in [9.17, 15) is 19.8 Å². The molecule has 3 aromatic carbocycles. The first-order valence-corrected chi connectivity index (χ1v) is 11.6. The first-order chi connectivity index (χ1) is 16.8. The second-order valence-electron chi connectivity index (χ2n) is 7.87. The van der Waals surface area contributed by atoms with E-state index in [1.165, 1.54) is 30.2 Å². The predicted molar refractivity (Wildman–Crippen MR) is 134 cm³/mol. The summed E-state index contributed by atoms with van der Waals surface area (Å²) in [6.45, 7) is 0. The summed E-state index contributed by atoms with van der Waals surface area (Å²) in [7, 11) is 1.47. The molecule has 1 amide bonds. The average molecular weight is 555 g/mol. The van der Waals surface area contributed by atoms with Crippen molar-refractivity contribution in [3.63, 3.8) is 0 Å². The third-order valence-corrected chi connectivity index (χ3v) is 6.57. The number of hydrogen-bond donors (Lipinski definition) is 2. The molecule has 1 atom stereocenters. The van der Waals surface area contributed by atoms with E-state index >= 15 is 0 Å². The molecule has 0 saturated heterocycles. The number of methoxy groups -OCH3 is 1. The number of hydrogen-bond acceptors (Lipinski definition) is 6. The zero-order valence-corrected chi connectivity index (χ0v) is 20.5. The lowest BCUT2D eigenvalue weighted by atomic mass is 9.94. The Morgan fingerprint density at radius 2 is 1.80 bits per heavy atom. The average Bonchev–Trinajstić information content (AvgIpc) is 3.37. The number of aliphatic hydroxyl groups is 1. The number of rotatable bonds is 5. The minimum atomic E-state index is -1.000. The van der Waals surface area contributed by atoms with Crippen LogP contribution in [0.3, 0.4) is 0 Å². The molecular weight excluding hydrogens is 538 g/mol. The van der Waals surface area contributed by atoms with Gasteiger partial charge < -0.3 is 19.4 Å². The van der Waals surface area contributed by atoms with Crippen LogP contribution >= 0.6 is 27.5 Å². The monoisotopic (exact) mass is 553 g/mol. The number of benzene rings is 3. The SMILES string of the molecule is COc1ccc(N2C(=O)C(O)=C(C(=O)c3cc4cc(Br)ccc4o3)C2c2ccc(O)cc2)cc1Cl. The van der Waals surface area contributed by atoms with Gasteiger partial charge in [0.1, 0.15) is 17.1 Å². The van der Waals surface area contributed by atoms with E-state index in [1.54, 1.807) is 48.5 Å². The smallest absolute Gasteiger partial charge is 0.294 e. The number of furan rings is 1. The molecule has 2 N–H and O–H groups in total. The summed E-state index contributed by atoms with van der Waals surface area (Å²) in [5.74, 6) is -1.70. The van der Waals surface area contributed by atoms with Gasteiger partial charge in [-0.25, -0.2) is 0 Å².